The van der Waals surface area contributed by atoms with Gasteiger partial charge < -0.3 is 13.9 Å². The summed E-state index contributed by atoms with van der Waals surface area (Å²) >= 11 is 0. The van der Waals surface area contributed by atoms with Crippen LogP contribution in [0.15, 0.2) is 243 Å². The van der Waals surface area contributed by atoms with Gasteiger partial charge in [0.2, 0.25) is 0 Å². The Labute approximate surface area is 541 Å². The van der Waals surface area contributed by atoms with Gasteiger partial charge in [-0.05, 0) is 116 Å². The maximum Gasteiger partial charge on any atom is 0.268 e. The molecule has 7 heteroatoms. The quantitative estimate of drug-likeness (QED) is 0.0560. The number of fused-ring (bicyclic) bond motifs is 4. The van der Waals surface area contributed by atoms with E-state index in [4.69, 9.17) is 9.72 Å². The van der Waals surface area contributed by atoms with Crippen LogP contribution in [0.2, 0.25) is 0 Å². The van der Waals surface area contributed by atoms with E-state index in [2.05, 4.69) is 334 Å². The first-order valence-electron chi connectivity index (χ1n) is 30.9. The molecule has 0 N–H and O–H groups in total. The van der Waals surface area contributed by atoms with Crippen LogP contribution in [0.1, 0.15) is 105 Å². The van der Waals surface area contributed by atoms with Gasteiger partial charge in [-0.1, -0.05) is 277 Å². The minimum absolute atomic E-state index is 0. The summed E-state index contributed by atoms with van der Waals surface area (Å²) in [6.07, 6.45) is 5.93. The molecule has 0 spiro atoms. The summed E-state index contributed by atoms with van der Waals surface area (Å²) in [5.74, 6) is 1.98. The van der Waals surface area contributed by atoms with Gasteiger partial charge in [0.05, 0.1) is 16.7 Å². The SMILES string of the molecule is CC(C)(C)c1cc(-c2cc(C(C)(C)C)cc(-c3cccc([Si](c4ccccc4)(c4ccccc4)c4ccccc4)c3)c2-[n+]2[c-]n(-c3[c-]c(Oc4[c-]c5c(cc4)c4ccccc4n5-c4cc(C(C)(C)C)ccn4)ccc3)c3ccccc32)cc(C(C)(C)C)c1.[Pt]. The molecule has 0 unspecified atom stereocenters. The van der Waals surface area contributed by atoms with Crippen molar-refractivity contribution in [3.05, 3.63) is 283 Å². The Bertz CT molecular complexity index is 4620. The van der Waals surface area contributed by atoms with Crippen molar-refractivity contribution in [2.45, 2.75) is 105 Å². The minimum atomic E-state index is -2.95. The molecular weight excluding hydrogens is 1280 g/mol. The van der Waals surface area contributed by atoms with Crippen LogP contribution in [0, 0.1) is 18.5 Å². The van der Waals surface area contributed by atoms with Crippen molar-refractivity contribution in [1.29, 1.82) is 0 Å². The Kier molecular flexibility index (Phi) is 15.9. The van der Waals surface area contributed by atoms with E-state index in [1.54, 1.807) is 0 Å². The Morgan fingerprint density at radius 1 is 0.416 bits per heavy atom. The van der Waals surface area contributed by atoms with E-state index in [-0.39, 0.29) is 42.7 Å². The fourth-order valence-corrected chi connectivity index (χ4v) is 17.5. The minimum Gasteiger partial charge on any atom is -0.510 e. The van der Waals surface area contributed by atoms with Crippen molar-refractivity contribution in [2.75, 3.05) is 0 Å². The van der Waals surface area contributed by atoms with Gasteiger partial charge in [0.25, 0.3) is 6.33 Å². The summed E-state index contributed by atoms with van der Waals surface area (Å²) in [7, 11) is -2.95. The normalized spacial score (nSPS) is 12.4. The smallest absolute Gasteiger partial charge is 0.268 e. The third-order valence-electron chi connectivity index (χ3n) is 17.6. The fourth-order valence-electron chi connectivity index (χ4n) is 12.7. The number of pyridine rings is 1. The molecule has 13 aromatic rings. The largest absolute Gasteiger partial charge is 0.510 e. The third-order valence-corrected chi connectivity index (χ3v) is 22.4. The zero-order chi connectivity index (χ0) is 61.3. The number of imidazole rings is 1. The molecule has 10 aromatic carbocycles. The summed E-state index contributed by atoms with van der Waals surface area (Å²) < 4.78 is 13.5. The molecule has 0 radical (unpaired) electrons. The van der Waals surface area contributed by atoms with Crippen LogP contribution >= 0.6 is 0 Å². The van der Waals surface area contributed by atoms with Gasteiger partial charge in [0.1, 0.15) is 5.82 Å². The van der Waals surface area contributed by atoms with Crippen molar-refractivity contribution >= 4 is 61.7 Å². The molecule has 0 amide bonds. The predicted molar refractivity (Wildman–Crippen MR) is 369 cm³/mol. The van der Waals surface area contributed by atoms with Gasteiger partial charge >= 0.3 is 0 Å². The molecule has 0 bridgehead atoms. The van der Waals surface area contributed by atoms with E-state index in [0.717, 1.165) is 66.7 Å². The number of para-hydroxylation sites is 3. The van der Waals surface area contributed by atoms with Crippen LogP contribution in [0.25, 0.3) is 72.3 Å². The average molecular weight is 1360 g/mol. The van der Waals surface area contributed by atoms with Crippen LogP contribution in [0.4, 0.5) is 0 Å². The standard InChI is InChI=1S/C82H76N4OSi.Pt/c1-79(2,3)58-44-45-83-77(52-58)86-73-39-23-22-38-69(73)70-43-42-64(54-76(70)86)87-63-30-27-29-62(53-63)84-55-85(75-41-25-24-40-74(75)84)78-71(50-61(82(10,11)12)51-72(78)57-46-59(80(4,5)6)49-60(47-57)81(7,8)9)56-28-26-37-68(48-56)88(65-31-16-13-17-32-65,66-33-18-14-19-34-66)67-35-20-15-21-36-67;/h13-52H,1-12H3;/q-2;. The molecule has 0 atom stereocenters. The van der Waals surface area contributed by atoms with E-state index in [1.165, 1.54) is 48.6 Å². The average Bonchev–Trinajstić information content (AvgIpc) is 2.00. The van der Waals surface area contributed by atoms with Crippen molar-refractivity contribution in [3.8, 4) is 50.9 Å². The first kappa shape index (κ1) is 60.6. The molecule has 5 nitrogen and oxygen atoms in total. The second-order valence-corrected chi connectivity index (χ2v) is 31.6. The molecule has 0 aliphatic carbocycles. The Hall–Kier alpha value is -8.67. The topological polar surface area (TPSA) is 35.9 Å². The second-order valence-electron chi connectivity index (χ2n) is 27.7. The molecule has 89 heavy (non-hydrogen) atoms. The summed E-state index contributed by atoms with van der Waals surface area (Å²) in [6.45, 7) is 27.7. The Morgan fingerprint density at radius 3 is 1.54 bits per heavy atom. The first-order chi connectivity index (χ1) is 42.1. The first-order valence-corrected chi connectivity index (χ1v) is 32.9. The molecule has 0 aliphatic rings. The molecule has 3 heterocycles. The monoisotopic (exact) mass is 1360 g/mol. The second kappa shape index (κ2) is 23.4. The van der Waals surface area contributed by atoms with Crippen LogP contribution in [0.3, 0.4) is 0 Å². The number of rotatable bonds is 11. The van der Waals surface area contributed by atoms with E-state index >= 15 is 0 Å². The number of hydrogen-bond donors (Lipinski definition) is 0. The number of ether oxygens (including phenoxy) is 1. The fraction of sp³-hybridized carbons (Fsp3) is 0.195. The maximum atomic E-state index is 6.85. The van der Waals surface area contributed by atoms with E-state index in [0.29, 0.717) is 11.5 Å². The number of hydrogen-bond acceptors (Lipinski definition) is 2. The molecule has 0 saturated heterocycles. The van der Waals surface area contributed by atoms with Crippen LogP contribution in [-0.4, -0.2) is 22.2 Å². The van der Waals surface area contributed by atoms with Gasteiger partial charge in [0.15, 0.2) is 8.07 Å². The van der Waals surface area contributed by atoms with Crippen LogP contribution in [-0.2, 0) is 42.7 Å². The maximum absolute atomic E-state index is 6.85. The molecule has 446 valence electrons. The molecular formula is C82H76N4OPtSi-2. The summed E-state index contributed by atoms with van der Waals surface area (Å²) in [4.78, 5) is 4.93. The zero-order valence-corrected chi connectivity index (χ0v) is 56.4. The number of benzene rings is 10. The Morgan fingerprint density at radius 2 is 0.933 bits per heavy atom. The van der Waals surface area contributed by atoms with Crippen molar-refractivity contribution < 1.29 is 30.4 Å². The Balaban J connectivity index is 0.00000769. The molecule has 0 fully saturated rings. The third kappa shape index (κ3) is 11.4. The molecule has 0 saturated carbocycles. The number of nitrogens with zero attached hydrogens (tertiary/aromatic N) is 4. The van der Waals surface area contributed by atoms with Gasteiger partial charge in [-0.2, -0.15) is 18.2 Å². The summed E-state index contributed by atoms with van der Waals surface area (Å²) in [6, 6.07) is 94.6. The molecule has 13 rings (SSSR count). The van der Waals surface area contributed by atoms with Gasteiger partial charge in [-0.15, -0.1) is 29.7 Å². The van der Waals surface area contributed by atoms with Gasteiger partial charge in [-0.25, -0.2) is 4.98 Å². The van der Waals surface area contributed by atoms with E-state index < -0.39 is 8.07 Å². The van der Waals surface area contributed by atoms with Crippen molar-refractivity contribution in [1.82, 2.24) is 14.1 Å². The molecule has 0 aliphatic heterocycles. The predicted octanol–water partition coefficient (Wildman–Crippen LogP) is 17.5. The van der Waals surface area contributed by atoms with Crippen LogP contribution in [0.5, 0.6) is 11.5 Å². The van der Waals surface area contributed by atoms with Crippen molar-refractivity contribution in [3.63, 3.8) is 0 Å². The van der Waals surface area contributed by atoms with Gasteiger partial charge in [-0.3, -0.25) is 4.57 Å². The molecule has 3 aromatic heterocycles. The zero-order valence-electron chi connectivity index (χ0n) is 53.1. The summed E-state index contributed by atoms with van der Waals surface area (Å²) in [5.41, 5.74) is 14.9. The van der Waals surface area contributed by atoms with Crippen LogP contribution < -0.4 is 30.1 Å². The summed E-state index contributed by atoms with van der Waals surface area (Å²) in [5, 5.41) is 7.50. The van der Waals surface area contributed by atoms with Gasteiger partial charge in [0, 0.05) is 44.3 Å². The van der Waals surface area contributed by atoms with E-state index in [9.17, 15) is 0 Å². The van der Waals surface area contributed by atoms with Crippen molar-refractivity contribution in [2.24, 2.45) is 0 Å². The number of aromatic nitrogens is 4. The van der Waals surface area contributed by atoms with E-state index in [1.807, 2.05) is 24.4 Å².